The van der Waals surface area contributed by atoms with E-state index in [1.807, 2.05) is 36.4 Å². The molecule has 2 N–H and O–H groups in total. The number of nitrogens with one attached hydrogen (secondary N) is 2. The lowest BCUT2D eigenvalue weighted by Gasteiger charge is -2.11. The van der Waals surface area contributed by atoms with E-state index >= 15 is 0 Å². The standard InChI is InChI=1S/C20H16Cl2N2O2S/c1-12(25)23-14-8-9-15(21)17(10-14)24-19(26)11-27-18-7-3-5-13-4-2-6-16(22)20(13)18/h2-10H,11H2,1H3,(H,23,25)(H,24,26). The van der Waals surface area contributed by atoms with Gasteiger partial charge in [0.2, 0.25) is 11.8 Å². The van der Waals surface area contributed by atoms with Crippen molar-refractivity contribution in [2.45, 2.75) is 11.8 Å². The first-order chi connectivity index (χ1) is 12.9. The number of anilines is 2. The predicted molar refractivity (Wildman–Crippen MR) is 114 cm³/mol. The van der Waals surface area contributed by atoms with Gasteiger partial charge < -0.3 is 10.6 Å². The van der Waals surface area contributed by atoms with Crippen LogP contribution >= 0.6 is 35.0 Å². The Balaban J connectivity index is 1.72. The SMILES string of the molecule is CC(=O)Nc1ccc(Cl)c(NC(=O)CSc2cccc3cccc(Cl)c23)c1. The molecule has 3 aromatic rings. The normalized spacial score (nSPS) is 10.6. The van der Waals surface area contributed by atoms with E-state index in [-0.39, 0.29) is 17.6 Å². The third kappa shape index (κ3) is 4.95. The molecule has 0 aliphatic rings. The van der Waals surface area contributed by atoms with E-state index in [2.05, 4.69) is 10.6 Å². The summed E-state index contributed by atoms with van der Waals surface area (Å²) in [5, 5.41) is 8.46. The summed E-state index contributed by atoms with van der Waals surface area (Å²) >= 11 is 13.9. The Hall–Kier alpha value is -2.21. The lowest BCUT2D eigenvalue weighted by molar-refractivity contribution is -0.114. The number of amides is 2. The van der Waals surface area contributed by atoms with Gasteiger partial charge in [-0.15, -0.1) is 11.8 Å². The predicted octanol–water partition coefficient (Wildman–Crippen LogP) is 5.84. The number of hydrogen-bond acceptors (Lipinski definition) is 3. The van der Waals surface area contributed by atoms with Gasteiger partial charge in [0, 0.05) is 27.9 Å². The summed E-state index contributed by atoms with van der Waals surface area (Å²) in [6, 6.07) is 16.5. The van der Waals surface area contributed by atoms with E-state index in [0.717, 1.165) is 15.7 Å². The highest BCUT2D eigenvalue weighted by molar-refractivity contribution is 8.00. The fourth-order valence-corrected chi connectivity index (χ4v) is 4.02. The highest BCUT2D eigenvalue weighted by atomic mass is 35.5. The minimum Gasteiger partial charge on any atom is -0.326 e. The van der Waals surface area contributed by atoms with Crippen LogP contribution in [0.15, 0.2) is 59.5 Å². The molecular weight excluding hydrogens is 403 g/mol. The van der Waals surface area contributed by atoms with E-state index in [1.165, 1.54) is 18.7 Å². The van der Waals surface area contributed by atoms with Gasteiger partial charge in [0.25, 0.3) is 0 Å². The van der Waals surface area contributed by atoms with Crippen LogP contribution in [0.1, 0.15) is 6.92 Å². The van der Waals surface area contributed by atoms with Crippen LogP contribution in [0.2, 0.25) is 10.0 Å². The van der Waals surface area contributed by atoms with Crippen LogP contribution in [0.25, 0.3) is 10.8 Å². The Morgan fingerprint density at radius 3 is 2.44 bits per heavy atom. The van der Waals surface area contributed by atoms with Crippen LogP contribution in [-0.4, -0.2) is 17.6 Å². The van der Waals surface area contributed by atoms with E-state index < -0.39 is 0 Å². The molecule has 3 rings (SSSR count). The minimum absolute atomic E-state index is 0.196. The van der Waals surface area contributed by atoms with Gasteiger partial charge in [-0.25, -0.2) is 0 Å². The largest absolute Gasteiger partial charge is 0.326 e. The maximum atomic E-state index is 12.4. The van der Waals surface area contributed by atoms with Crippen LogP contribution in [0.4, 0.5) is 11.4 Å². The van der Waals surface area contributed by atoms with Crippen LogP contribution in [0.3, 0.4) is 0 Å². The first kappa shape index (κ1) is 19.5. The Morgan fingerprint density at radius 2 is 1.70 bits per heavy atom. The van der Waals surface area contributed by atoms with Gasteiger partial charge in [-0.2, -0.15) is 0 Å². The zero-order valence-corrected chi connectivity index (χ0v) is 16.7. The average Bonchev–Trinajstić information content (AvgIpc) is 2.62. The summed E-state index contributed by atoms with van der Waals surface area (Å²) in [7, 11) is 0. The molecule has 0 unspecified atom stereocenters. The van der Waals surface area contributed by atoms with Gasteiger partial charge in [-0.3, -0.25) is 9.59 Å². The number of hydrogen-bond donors (Lipinski definition) is 2. The summed E-state index contributed by atoms with van der Waals surface area (Å²) in [5.41, 5.74) is 1.01. The van der Waals surface area contributed by atoms with Crippen LogP contribution in [-0.2, 0) is 9.59 Å². The first-order valence-corrected chi connectivity index (χ1v) is 9.85. The molecular formula is C20H16Cl2N2O2S. The number of benzene rings is 3. The lowest BCUT2D eigenvalue weighted by atomic mass is 10.1. The first-order valence-electron chi connectivity index (χ1n) is 8.11. The van der Waals surface area contributed by atoms with Crippen molar-refractivity contribution < 1.29 is 9.59 Å². The molecule has 0 saturated carbocycles. The maximum Gasteiger partial charge on any atom is 0.234 e. The molecule has 4 nitrogen and oxygen atoms in total. The number of carbonyl (C=O) groups excluding carboxylic acids is 2. The Labute approximate surface area is 171 Å². The van der Waals surface area contributed by atoms with Crippen molar-refractivity contribution in [3.05, 3.63) is 64.6 Å². The van der Waals surface area contributed by atoms with Gasteiger partial charge in [-0.1, -0.05) is 47.5 Å². The van der Waals surface area contributed by atoms with Crippen molar-refractivity contribution >= 4 is 68.9 Å². The topological polar surface area (TPSA) is 58.2 Å². The number of carbonyl (C=O) groups is 2. The third-order valence-corrected chi connectivity index (χ3v) is 5.44. The van der Waals surface area contributed by atoms with Gasteiger partial charge in [0.05, 0.1) is 16.5 Å². The summed E-state index contributed by atoms with van der Waals surface area (Å²) in [6.07, 6.45) is 0. The average molecular weight is 419 g/mol. The molecule has 0 spiro atoms. The monoisotopic (exact) mass is 418 g/mol. The zero-order valence-electron chi connectivity index (χ0n) is 14.4. The van der Waals surface area contributed by atoms with E-state index in [0.29, 0.717) is 21.4 Å². The van der Waals surface area contributed by atoms with Gasteiger partial charge >= 0.3 is 0 Å². The number of fused-ring (bicyclic) bond motifs is 1. The van der Waals surface area contributed by atoms with Crippen LogP contribution < -0.4 is 10.6 Å². The van der Waals surface area contributed by atoms with Crippen molar-refractivity contribution in [3.8, 4) is 0 Å². The third-order valence-electron chi connectivity index (χ3n) is 3.74. The smallest absolute Gasteiger partial charge is 0.234 e. The summed E-state index contributed by atoms with van der Waals surface area (Å²) in [5.74, 6) is -0.200. The number of thioether (sulfide) groups is 1. The molecule has 138 valence electrons. The molecule has 27 heavy (non-hydrogen) atoms. The number of rotatable bonds is 5. The molecule has 0 saturated heterocycles. The van der Waals surface area contributed by atoms with Gasteiger partial charge in [0.15, 0.2) is 0 Å². The summed E-state index contributed by atoms with van der Waals surface area (Å²) in [6.45, 7) is 1.42. The van der Waals surface area contributed by atoms with Crippen molar-refractivity contribution in [1.29, 1.82) is 0 Å². The second-order valence-corrected chi connectivity index (χ2v) is 7.64. The van der Waals surface area contributed by atoms with Crippen molar-refractivity contribution in [1.82, 2.24) is 0 Å². The second kappa shape index (κ2) is 8.65. The molecule has 0 heterocycles. The Bertz CT molecular complexity index is 1020. The molecule has 0 aliphatic heterocycles. The van der Waals surface area contributed by atoms with E-state index in [1.54, 1.807) is 18.2 Å². The molecule has 0 radical (unpaired) electrons. The highest BCUT2D eigenvalue weighted by Gasteiger charge is 2.11. The summed E-state index contributed by atoms with van der Waals surface area (Å²) in [4.78, 5) is 24.5. The molecule has 0 bridgehead atoms. The van der Waals surface area contributed by atoms with Crippen molar-refractivity contribution in [2.24, 2.45) is 0 Å². The zero-order chi connectivity index (χ0) is 19.4. The van der Waals surface area contributed by atoms with E-state index in [9.17, 15) is 9.59 Å². The molecule has 0 fully saturated rings. The fourth-order valence-electron chi connectivity index (χ4n) is 2.61. The molecule has 7 heteroatoms. The van der Waals surface area contributed by atoms with E-state index in [4.69, 9.17) is 23.2 Å². The maximum absolute atomic E-state index is 12.4. The fraction of sp³-hybridized carbons (Fsp3) is 0.100. The highest BCUT2D eigenvalue weighted by Crippen LogP contribution is 2.33. The molecule has 0 aromatic heterocycles. The number of halogens is 2. The lowest BCUT2D eigenvalue weighted by Crippen LogP contribution is -2.15. The quantitative estimate of drug-likeness (QED) is 0.511. The van der Waals surface area contributed by atoms with Crippen LogP contribution in [0.5, 0.6) is 0 Å². The molecule has 3 aromatic carbocycles. The van der Waals surface area contributed by atoms with Gasteiger partial charge in [-0.05, 0) is 35.7 Å². The molecule has 2 amide bonds. The van der Waals surface area contributed by atoms with Gasteiger partial charge in [0.1, 0.15) is 0 Å². The minimum atomic E-state index is -0.203. The van der Waals surface area contributed by atoms with Crippen LogP contribution in [0, 0.1) is 0 Å². The Kier molecular flexibility index (Phi) is 6.26. The second-order valence-electron chi connectivity index (χ2n) is 5.81. The van der Waals surface area contributed by atoms with Crippen molar-refractivity contribution in [3.63, 3.8) is 0 Å². The summed E-state index contributed by atoms with van der Waals surface area (Å²) < 4.78 is 0. The molecule has 0 aliphatic carbocycles. The molecule has 0 atom stereocenters. The Morgan fingerprint density at radius 1 is 0.963 bits per heavy atom. The van der Waals surface area contributed by atoms with Crippen molar-refractivity contribution in [2.75, 3.05) is 16.4 Å².